The van der Waals surface area contributed by atoms with Crippen LogP contribution in [0.15, 0.2) is 103 Å². The summed E-state index contributed by atoms with van der Waals surface area (Å²) in [6, 6.07) is 33.5. The lowest BCUT2D eigenvalue weighted by Crippen LogP contribution is -1.98. The molecular weight excluding hydrogens is 372 g/mol. The fraction of sp³-hybridized carbons (Fsp3) is 0.0741. The highest BCUT2D eigenvalue weighted by Gasteiger charge is 2.08. The molecule has 0 aliphatic carbocycles. The summed E-state index contributed by atoms with van der Waals surface area (Å²) in [5.41, 5.74) is 4.67. The Morgan fingerprint density at radius 3 is 1.90 bits per heavy atom. The van der Waals surface area contributed by atoms with Crippen molar-refractivity contribution in [1.29, 1.82) is 0 Å². The molecule has 4 rings (SSSR count). The van der Waals surface area contributed by atoms with E-state index in [1.807, 2.05) is 97.1 Å². The van der Waals surface area contributed by atoms with Gasteiger partial charge in [0.25, 0.3) is 0 Å². The minimum absolute atomic E-state index is 0.408. The number of hydrogen-bond acceptors (Lipinski definition) is 3. The van der Waals surface area contributed by atoms with Crippen LogP contribution >= 0.6 is 0 Å². The molecule has 0 aliphatic rings. The molecule has 0 amide bonds. The predicted molar refractivity (Wildman–Crippen MR) is 119 cm³/mol. The van der Waals surface area contributed by atoms with Gasteiger partial charge in [-0.3, -0.25) is 4.79 Å². The standard InChI is InChI=1S/C27H22O3/c28-18-25-15-14-24(17-27(25)30-20-22-10-5-2-6-11-22)23-12-7-13-26(16-23)29-19-21-8-3-1-4-9-21/h1-18H,19-20H2. The number of hydrogen-bond donors (Lipinski definition) is 0. The van der Waals surface area contributed by atoms with Crippen molar-refractivity contribution in [3.63, 3.8) is 0 Å². The molecule has 3 heteroatoms. The second kappa shape index (κ2) is 9.57. The second-order valence-electron chi connectivity index (χ2n) is 6.95. The van der Waals surface area contributed by atoms with Crippen LogP contribution in [0.4, 0.5) is 0 Å². The number of aldehydes is 1. The first-order valence-corrected chi connectivity index (χ1v) is 9.85. The highest BCUT2D eigenvalue weighted by Crippen LogP contribution is 2.29. The van der Waals surface area contributed by atoms with Crippen LogP contribution in [0.2, 0.25) is 0 Å². The van der Waals surface area contributed by atoms with E-state index in [9.17, 15) is 4.79 Å². The summed E-state index contributed by atoms with van der Waals surface area (Å²) in [7, 11) is 0. The van der Waals surface area contributed by atoms with Crippen LogP contribution in [0, 0.1) is 0 Å². The van der Waals surface area contributed by atoms with Crippen molar-refractivity contribution in [3.8, 4) is 22.6 Å². The maximum Gasteiger partial charge on any atom is 0.153 e. The first-order chi connectivity index (χ1) is 14.8. The third-order valence-electron chi connectivity index (χ3n) is 4.79. The van der Waals surface area contributed by atoms with Crippen LogP contribution in [0.1, 0.15) is 21.5 Å². The van der Waals surface area contributed by atoms with Gasteiger partial charge in [-0.15, -0.1) is 0 Å². The lowest BCUT2D eigenvalue weighted by atomic mass is 10.0. The summed E-state index contributed by atoms with van der Waals surface area (Å²) in [5.74, 6) is 1.37. The summed E-state index contributed by atoms with van der Waals surface area (Å²) in [6.07, 6.45) is 0.823. The Kier molecular flexibility index (Phi) is 6.21. The van der Waals surface area contributed by atoms with Crippen LogP contribution in [0.3, 0.4) is 0 Å². The molecule has 0 spiro atoms. The Labute approximate surface area is 176 Å². The first kappa shape index (κ1) is 19.5. The maximum atomic E-state index is 11.5. The first-order valence-electron chi connectivity index (χ1n) is 9.85. The van der Waals surface area contributed by atoms with E-state index in [0.29, 0.717) is 24.5 Å². The largest absolute Gasteiger partial charge is 0.489 e. The van der Waals surface area contributed by atoms with E-state index in [1.54, 1.807) is 6.07 Å². The second-order valence-corrected chi connectivity index (χ2v) is 6.95. The van der Waals surface area contributed by atoms with Crippen molar-refractivity contribution in [2.75, 3.05) is 0 Å². The van der Waals surface area contributed by atoms with E-state index in [0.717, 1.165) is 34.3 Å². The Hall–Kier alpha value is -3.85. The topological polar surface area (TPSA) is 35.5 Å². The van der Waals surface area contributed by atoms with Gasteiger partial charge in [0.1, 0.15) is 24.7 Å². The fourth-order valence-electron chi connectivity index (χ4n) is 3.18. The van der Waals surface area contributed by atoms with Crippen molar-refractivity contribution in [2.45, 2.75) is 13.2 Å². The number of rotatable bonds is 8. The van der Waals surface area contributed by atoms with Crippen molar-refractivity contribution in [2.24, 2.45) is 0 Å². The average molecular weight is 394 g/mol. The van der Waals surface area contributed by atoms with Crippen molar-refractivity contribution >= 4 is 6.29 Å². The SMILES string of the molecule is O=Cc1ccc(-c2cccc(OCc3ccccc3)c2)cc1OCc1ccccc1. The molecule has 0 N–H and O–H groups in total. The molecule has 0 heterocycles. The molecule has 0 fully saturated rings. The van der Waals surface area contributed by atoms with E-state index in [4.69, 9.17) is 9.47 Å². The van der Waals surface area contributed by atoms with E-state index < -0.39 is 0 Å². The summed E-state index contributed by atoms with van der Waals surface area (Å²) in [5, 5.41) is 0. The molecule has 0 bridgehead atoms. The number of carbonyl (C=O) groups is 1. The Morgan fingerprint density at radius 2 is 1.23 bits per heavy atom. The number of carbonyl (C=O) groups excluding carboxylic acids is 1. The molecule has 30 heavy (non-hydrogen) atoms. The smallest absolute Gasteiger partial charge is 0.153 e. The van der Waals surface area contributed by atoms with Crippen LogP contribution in [0.5, 0.6) is 11.5 Å². The van der Waals surface area contributed by atoms with Crippen molar-refractivity contribution in [1.82, 2.24) is 0 Å². The Balaban J connectivity index is 1.52. The van der Waals surface area contributed by atoms with Crippen LogP contribution in [-0.2, 0) is 13.2 Å². The van der Waals surface area contributed by atoms with Crippen LogP contribution in [-0.4, -0.2) is 6.29 Å². The van der Waals surface area contributed by atoms with Gasteiger partial charge in [0.2, 0.25) is 0 Å². The summed E-state index contributed by atoms with van der Waals surface area (Å²) >= 11 is 0. The molecule has 0 radical (unpaired) electrons. The van der Waals surface area contributed by atoms with Gasteiger partial charge in [-0.25, -0.2) is 0 Å². The highest BCUT2D eigenvalue weighted by atomic mass is 16.5. The molecule has 0 unspecified atom stereocenters. The number of benzene rings is 4. The normalized spacial score (nSPS) is 10.4. The average Bonchev–Trinajstić information content (AvgIpc) is 2.83. The van der Waals surface area contributed by atoms with Crippen molar-refractivity contribution in [3.05, 3.63) is 120 Å². The molecule has 0 atom stereocenters. The Morgan fingerprint density at radius 1 is 0.600 bits per heavy atom. The van der Waals surface area contributed by atoms with Gasteiger partial charge in [0.15, 0.2) is 6.29 Å². The minimum Gasteiger partial charge on any atom is -0.489 e. The predicted octanol–water partition coefficient (Wildman–Crippen LogP) is 6.32. The van der Waals surface area contributed by atoms with Crippen LogP contribution < -0.4 is 9.47 Å². The van der Waals surface area contributed by atoms with E-state index >= 15 is 0 Å². The van der Waals surface area contributed by atoms with Gasteiger partial charge in [0.05, 0.1) is 5.56 Å². The van der Waals surface area contributed by atoms with E-state index in [-0.39, 0.29) is 0 Å². The van der Waals surface area contributed by atoms with Gasteiger partial charge >= 0.3 is 0 Å². The monoisotopic (exact) mass is 394 g/mol. The zero-order chi connectivity index (χ0) is 20.6. The Bertz CT molecular complexity index is 1110. The fourth-order valence-corrected chi connectivity index (χ4v) is 3.18. The molecule has 0 saturated carbocycles. The molecule has 4 aromatic carbocycles. The summed E-state index contributed by atoms with van der Waals surface area (Å²) < 4.78 is 11.9. The zero-order valence-electron chi connectivity index (χ0n) is 16.5. The van der Waals surface area contributed by atoms with E-state index in [1.165, 1.54) is 0 Å². The van der Waals surface area contributed by atoms with Crippen LogP contribution in [0.25, 0.3) is 11.1 Å². The summed E-state index contributed by atoms with van der Waals surface area (Å²) in [6.45, 7) is 0.922. The molecule has 0 aliphatic heterocycles. The molecule has 4 aromatic rings. The van der Waals surface area contributed by atoms with Gasteiger partial charge in [-0.1, -0.05) is 78.9 Å². The van der Waals surface area contributed by atoms with Gasteiger partial charge in [-0.05, 0) is 46.5 Å². The highest BCUT2D eigenvalue weighted by molar-refractivity contribution is 5.82. The van der Waals surface area contributed by atoms with Gasteiger partial charge in [0, 0.05) is 0 Å². The molecular formula is C27H22O3. The van der Waals surface area contributed by atoms with E-state index in [2.05, 4.69) is 0 Å². The molecule has 0 aromatic heterocycles. The van der Waals surface area contributed by atoms with Crippen molar-refractivity contribution < 1.29 is 14.3 Å². The lowest BCUT2D eigenvalue weighted by Gasteiger charge is -2.12. The quantitative estimate of drug-likeness (QED) is 0.328. The zero-order valence-corrected chi connectivity index (χ0v) is 16.5. The minimum atomic E-state index is 0.408. The lowest BCUT2D eigenvalue weighted by molar-refractivity contribution is 0.111. The number of ether oxygens (including phenoxy) is 2. The molecule has 3 nitrogen and oxygen atoms in total. The van der Waals surface area contributed by atoms with Gasteiger partial charge < -0.3 is 9.47 Å². The maximum absolute atomic E-state index is 11.5. The third-order valence-corrected chi connectivity index (χ3v) is 4.79. The third kappa shape index (κ3) is 4.95. The molecule has 148 valence electrons. The van der Waals surface area contributed by atoms with Gasteiger partial charge in [-0.2, -0.15) is 0 Å². The molecule has 0 saturated heterocycles. The summed E-state index contributed by atoms with van der Waals surface area (Å²) in [4.78, 5) is 11.5.